The molecule has 0 radical (unpaired) electrons. The minimum absolute atomic E-state index is 0.138. The highest BCUT2D eigenvalue weighted by atomic mass is 16.5. The number of aryl methyl sites for hydroxylation is 1. The molecular formula is C20H31N3O2. The molecule has 1 saturated carbocycles. The molecule has 1 heterocycles. The molecule has 2 N–H and O–H groups in total. The second-order valence-corrected chi connectivity index (χ2v) is 7.66. The van der Waals surface area contributed by atoms with Crippen molar-refractivity contribution in [2.75, 3.05) is 20.3 Å². The third kappa shape index (κ3) is 3.47. The summed E-state index contributed by atoms with van der Waals surface area (Å²) in [6, 6.07) is 6.72. The largest absolute Gasteiger partial charge is 0.494 e. The van der Waals surface area contributed by atoms with Gasteiger partial charge in [-0.3, -0.25) is 4.99 Å². The Labute approximate surface area is 151 Å². The number of aliphatic imine (C=N–C) groups is 1. The SMILES string of the molecule is CCOc1cc(C)ccc1CNC(=NC)NC1C2CCOC2C1(C)C. The van der Waals surface area contributed by atoms with Crippen LogP contribution in [0.15, 0.2) is 23.2 Å². The average molecular weight is 345 g/mol. The summed E-state index contributed by atoms with van der Waals surface area (Å²) in [5, 5.41) is 7.05. The number of guanidine groups is 1. The van der Waals surface area contributed by atoms with Crippen LogP contribution in [0.5, 0.6) is 5.75 Å². The zero-order valence-electron chi connectivity index (χ0n) is 16.1. The van der Waals surface area contributed by atoms with Crippen molar-refractivity contribution in [2.24, 2.45) is 16.3 Å². The molecule has 0 amide bonds. The van der Waals surface area contributed by atoms with Gasteiger partial charge in [-0.05, 0) is 31.9 Å². The molecule has 3 unspecified atom stereocenters. The van der Waals surface area contributed by atoms with Gasteiger partial charge in [0, 0.05) is 43.1 Å². The van der Waals surface area contributed by atoms with Gasteiger partial charge in [-0.2, -0.15) is 0 Å². The van der Waals surface area contributed by atoms with E-state index in [1.54, 1.807) is 0 Å². The smallest absolute Gasteiger partial charge is 0.191 e. The van der Waals surface area contributed by atoms with E-state index in [0.717, 1.165) is 30.3 Å². The molecule has 2 fully saturated rings. The van der Waals surface area contributed by atoms with Crippen LogP contribution in [0.1, 0.15) is 38.3 Å². The third-order valence-electron chi connectivity index (χ3n) is 5.59. The van der Waals surface area contributed by atoms with Crippen LogP contribution in [-0.4, -0.2) is 38.4 Å². The fraction of sp³-hybridized carbons (Fsp3) is 0.650. The zero-order valence-corrected chi connectivity index (χ0v) is 16.1. The maximum atomic E-state index is 5.88. The first-order valence-corrected chi connectivity index (χ1v) is 9.28. The second kappa shape index (κ2) is 7.24. The van der Waals surface area contributed by atoms with E-state index in [1.165, 1.54) is 5.56 Å². The van der Waals surface area contributed by atoms with Crippen LogP contribution in [0.3, 0.4) is 0 Å². The molecule has 1 aliphatic heterocycles. The van der Waals surface area contributed by atoms with Gasteiger partial charge in [0.25, 0.3) is 0 Å². The molecule has 0 bridgehead atoms. The van der Waals surface area contributed by atoms with E-state index in [-0.39, 0.29) is 5.41 Å². The van der Waals surface area contributed by atoms with Crippen molar-refractivity contribution in [2.45, 2.75) is 52.8 Å². The molecule has 25 heavy (non-hydrogen) atoms. The predicted octanol–water partition coefficient (Wildman–Crippen LogP) is 2.87. The van der Waals surface area contributed by atoms with Crippen molar-refractivity contribution in [3.05, 3.63) is 29.3 Å². The van der Waals surface area contributed by atoms with Crippen molar-refractivity contribution >= 4 is 5.96 Å². The lowest BCUT2D eigenvalue weighted by Crippen LogP contribution is -2.67. The lowest BCUT2D eigenvalue weighted by atomic mass is 9.57. The molecule has 5 nitrogen and oxygen atoms in total. The summed E-state index contributed by atoms with van der Waals surface area (Å²) in [6.07, 6.45) is 1.51. The van der Waals surface area contributed by atoms with E-state index < -0.39 is 0 Å². The van der Waals surface area contributed by atoms with Crippen molar-refractivity contribution in [3.63, 3.8) is 0 Å². The van der Waals surface area contributed by atoms with E-state index in [2.05, 4.69) is 54.6 Å². The summed E-state index contributed by atoms with van der Waals surface area (Å²) >= 11 is 0. The summed E-state index contributed by atoms with van der Waals surface area (Å²) in [5.74, 6) is 2.37. The number of nitrogens with zero attached hydrogens (tertiary/aromatic N) is 1. The van der Waals surface area contributed by atoms with Gasteiger partial charge >= 0.3 is 0 Å². The van der Waals surface area contributed by atoms with Crippen LogP contribution in [0.25, 0.3) is 0 Å². The Morgan fingerprint density at radius 3 is 2.92 bits per heavy atom. The summed E-state index contributed by atoms with van der Waals surface area (Å²) < 4.78 is 11.6. The second-order valence-electron chi connectivity index (χ2n) is 7.66. The first kappa shape index (κ1) is 18.1. The first-order valence-electron chi connectivity index (χ1n) is 9.28. The molecule has 1 aromatic carbocycles. The minimum atomic E-state index is 0.138. The molecule has 3 rings (SSSR count). The van der Waals surface area contributed by atoms with Crippen LogP contribution in [-0.2, 0) is 11.3 Å². The quantitative estimate of drug-likeness (QED) is 0.636. The predicted molar refractivity (Wildman–Crippen MR) is 101 cm³/mol. The number of hydrogen-bond donors (Lipinski definition) is 2. The highest BCUT2D eigenvalue weighted by Gasteiger charge is 2.59. The number of fused-ring (bicyclic) bond motifs is 1. The topological polar surface area (TPSA) is 54.9 Å². The van der Waals surface area contributed by atoms with Gasteiger partial charge in [-0.25, -0.2) is 0 Å². The van der Waals surface area contributed by atoms with E-state index in [9.17, 15) is 0 Å². The van der Waals surface area contributed by atoms with Gasteiger partial charge in [0.2, 0.25) is 0 Å². The van der Waals surface area contributed by atoms with Crippen molar-refractivity contribution < 1.29 is 9.47 Å². The molecule has 5 heteroatoms. The Hall–Kier alpha value is -1.75. The Bertz CT molecular complexity index is 642. The summed E-state index contributed by atoms with van der Waals surface area (Å²) in [6.45, 7) is 10.9. The molecule has 2 aliphatic rings. The number of hydrogen-bond acceptors (Lipinski definition) is 3. The Balaban J connectivity index is 1.62. The maximum absolute atomic E-state index is 5.88. The van der Waals surface area contributed by atoms with Crippen molar-refractivity contribution in [1.29, 1.82) is 0 Å². The summed E-state index contributed by atoms with van der Waals surface area (Å²) in [5.41, 5.74) is 2.49. The van der Waals surface area contributed by atoms with Crippen molar-refractivity contribution in [1.82, 2.24) is 10.6 Å². The van der Waals surface area contributed by atoms with Crippen LogP contribution >= 0.6 is 0 Å². The highest BCUT2D eigenvalue weighted by molar-refractivity contribution is 5.80. The Morgan fingerprint density at radius 1 is 1.40 bits per heavy atom. The van der Waals surface area contributed by atoms with Gasteiger partial charge in [0.1, 0.15) is 5.75 Å². The minimum Gasteiger partial charge on any atom is -0.494 e. The van der Waals surface area contributed by atoms with Gasteiger partial charge in [0.05, 0.1) is 12.7 Å². The van der Waals surface area contributed by atoms with Gasteiger partial charge in [0.15, 0.2) is 5.96 Å². The number of benzene rings is 1. The fourth-order valence-electron chi connectivity index (χ4n) is 4.24. The van der Waals surface area contributed by atoms with Crippen LogP contribution in [0.4, 0.5) is 0 Å². The third-order valence-corrected chi connectivity index (χ3v) is 5.59. The molecule has 1 saturated heterocycles. The van der Waals surface area contributed by atoms with E-state index in [0.29, 0.717) is 31.2 Å². The zero-order chi connectivity index (χ0) is 18.0. The molecule has 0 spiro atoms. The molecule has 1 aliphatic carbocycles. The molecule has 1 aromatic rings. The molecule has 3 atom stereocenters. The van der Waals surface area contributed by atoms with Gasteiger partial charge < -0.3 is 20.1 Å². The lowest BCUT2D eigenvalue weighted by Gasteiger charge is -2.54. The molecule has 138 valence electrons. The van der Waals surface area contributed by atoms with Gasteiger partial charge in [-0.1, -0.05) is 26.0 Å². The Kier molecular flexibility index (Phi) is 5.23. The normalized spacial score (nSPS) is 27.4. The standard InChI is InChI=1S/C20H31N3O2/c1-6-24-16-11-13(2)7-8-14(16)12-22-19(21-5)23-17-15-9-10-25-18(15)20(17,3)4/h7-8,11,15,17-18H,6,9-10,12H2,1-5H3,(H2,21,22,23). The van der Waals surface area contributed by atoms with E-state index in [1.807, 2.05) is 14.0 Å². The Morgan fingerprint density at radius 2 is 2.20 bits per heavy atom. The number of ether oxygens (including phenoxy) is 2. The highest BCUT2D eigenvalue weighted by Crippen LogP contribution is 2.52. The number of rotatable bonds is 5. The average Bonchev–Trinajstić information content (AvgIpc) is 3.04. The lowest BCUT2D eigenvalue weighted by molar-refractivity contribution is -0.106. The first-order chi connectivity index (χ1) is 12.0. The van der Waals surface area contributed by atoms with Gasteiger partial charge in [-0.15, -0.1) is 0 Å². The van der Waals surface area contributed by atoms with Crippen LogP contribution in [0, 0.1) is 18.3 Å². The molecular weight excluding hydrogens is 314 g/mol. The summed E-state index contributed by atoms with van der Waals surface area (Å²) in [7, 11) is 1.82. The monoisotopic (exact) mass is 345 g/mol. The molecule has 0 aromatic heterocycles. The van der Waals surface area contributed by atoms with E-state index >= 15 is 0 Å². The van der Waals surface area contributed by atoms with Crippen LogP contribution in [0.2, 0.25) is 0 Å². The summed E-state index contributed by atoms with van der Waals surface area (Å²) in [4.78, 5) is 4.41. The van der Waals surface area contributed by atoms with E-state index in [4.69, 9.17) is 9.47 Å². The maximum Gasteiger partial charge on any atom is 0.191 e. The van der Waals surface area contributed by atoms with Crippen LogP contribution < -0.4 is 15.4 Å². The number of nitrogens with one attached hydrogen (secondary N) is 2. The fourth-order valence-corrected chi connectivity index (χ4v) is 4.24. The van der Waals surface area contributed by atoms with Crippen molar-refractivity contribution in [3.8, 4) is 5.75 Å².